The lowest BCUT2D eigenvalue weighted by molar-refractivity contribution is 0.221. The maximum atomic E-state index is 12.8. The van der Waals surface area contributed by atoms with Crippen LogP contribution in [0.25, 0.3) is 10.9 Å². The highest BCUT2D eigenvalue weighted by molar-refractivity contribution is 5.79. The molecule has 2 aromatic rings. The molecule has 2 N–H and O–H groups in total. The Kier molecular flexibility index (Phi) is 3.85. The van der Waals surface area contributed by atoms with Crippen LogP contribution in [-0.2, 0) is 6.54 Å². The Morgan fingerprint density at radius 2 is 1.81 bits per heavy atom. The van der Waals surface area contributed by atoms with Crippen molar-refractivity contribution >= 4 is 10.9 Å². The Morgan fingerprint density at radius 3 is 2.48 bits per heavy atom. The highest BCUT2D eigenvalue weighted by Gasteiger charge is 2.27. The lowest BCUT2D eigenvalue weighted by Crippen LogP contribution is -2.33. The molecule has 0 saturated heterocycles. The van der Waals surface area contributed by atoms with Crippen molar-refractivity contribution in [1.82, 2.24) is 4.57 Å². The van der Waals surface area contributed by atoms with E-state index in [2.05, 4.69) is 26.0 Å². The van der Waals surface area contributed by atoms with Crippen molar-refractivity contribution in [2.24, 2.45) is 17.6 Å². The molecule has 0 bridgehead atoms. The molecular formula is C18H24N2O. The fourth-order valence-electron chi connectivity index (χ4n) is 3.97. The first-order chi connectivity index (χ1) is 10.1. The van der Waals surface area contributed by atoms with Crippen molar-refractivity contribution in [2.45, 2.75) is 45.7 Å². The molecule has 0 aliphatic heterocycles. The quantitative estimate of drug-likeness (QED) is 0.918. The molecule has 1 fully saturated rings. The molecule has 1 aliphatic carbocycles. The lowest BCUT2D eigenvalue weighted by Gasteiger charge is -2.33. The summed E-state index contributed by atoms with van der Waals surface area (Å²) in [4.78, 5) is 12.8. The molecule has 1 heterocycles. The van der Waals surface area contributed by atoms with Gasteiger partial charge in [-0.3, -0.25) is 4.79 Å². The first-order valence-corrected chi connectivity index (χ1v) is 7.93. The fraction of sp³-hybridized carbons (Fsp3) is 0.500. The van der Waals surface area contributed by atoms with Crippen molar-refractivity contribution in [1.29, 1.82) is 0 Å². The van der Waals surface area contributed by atoms with Gasteiger partial charge in [-0.1, -0.05) is 32.0 Å². The van der Waals surface area contributed by atoms with Crippen LogP contribution in [-0.4, -0.2) is 4.57 Å². The normalized spacial score (nSPS) is 26.1. The summed E-state index contributed by atoms with van der Waals surface area (Å²) in [5.41, 5.74) is 7.65. The molecule has 3 nitrogen and oxygen atoms in total. The van der Waals surface area contributed by atoms with E-state index in [1.165, 1.54) is 6.42 Å². The van der Waals surface area contributed by atoms with E-state index < -0.39 is 0 Å². The van der Waals surface area contributed by atoms with Crippen LogP contribution in [0.4, 0.5) is 0 Å². The summed E-state index contributed by atoms with van der Waals surface area (Å²) in [5, 5.41) is 1.11. The van der Waals surface area contributed by atoms with Crippen LogP contribution in [0.3, 0.4) is 0 Å². The van der Waals surface area contributed by atoms with Gasteiger partial charge in [0.2, 0.25) is 0 Å². The zero-order chi connectivity index (χ0) is 15.0. The minimum absolute atomic E-state index is 0.0995. The summed E-state index contributed by atoms with van der Waals surface area (Å²) < 4.78 is 2.02. The number of pyridine rings is 1. The summed E-state index contributed by atoms with van der Waals surface area (Å²) in [5.74, 6) is 1.34. The number of fused-ring (bicyclic) bond motifs is 1. The molecule has 1 saturated carbocycles. The topological polar surface area (TPSA) is 48.0 Å². The van der Waals surface area contributed by atoms with Crippen molar-refractivity contribution in [2.75, 3.05) is 0 Å². The standard InChI is InChI=1S/C18H24N2O/c1-12-7-13(2)9-16(8-12)20-17-6-4-3-5-14(17)10-15(11-19)18(20)21/h3-6,10,12-13,16H,7-9,11,19H2,1-2H3. The molecule has 0 radical (unpaired) electrons. The molecule has 2 atom stereocenters. The third-order valence-corrected chi connectivity index (χ3v) is 4.76. The Balaban J connectivity index is 2.20. The van der Waals surface area contributed by atoms with E-state index in [0.29, 0.717) is 24.4 Å². The third kappa shape index (κ3) is 2.62. The Morgan fingerprint density at radius 1 is 1.14 bits per heavy atom. The number of para-hydroxylation sites is 1. The van der Waals surface area contributed by atoms with Gasteiger partial charge in [-0.05, 0) is 48.6 Å². The molecule has 21 heavy (non-hydrogen) atoms. The first kappa shape index (κ1) is 14.3. The number of benzene rings is 1. The monoisotopic (exact) mass is 284 g/mol. The zero-order valence-electron chi connectivity index (χ0n) is 12.9. The third-order valence-electron chi connectivity index (χ3n) is 4.76. The summed E-state index contributed by atoms with van der Waals surface area (Å²) in [6.07, 6.45) is 3.43. The lowest BCUT2D eigenvalue weighted by atomic mass is 9.80. The van der Waals surface area contributed by atoms with Crippen LogP contribution in [0.5, 0.6) is 0 Å². The Bertz CT molecular complexity index is 694. The van der Waals surface area contributed by atoms with Gasteiger partial charge >= 0.3 is 0 Å². The second kappa shape index (κ2) is 5.64. The average molecular weight is 284 g/mol. The molecule has 112 valence electrons. The van der Waals surface area contributed by atoms with Crippen molar-refractivity contribution in [3.8, 4) is 0 Å². The van der Waals surface area contributed by atoms with E-state index in [1.54, 1.807) is 0 Å². The van der Waals surface area contributed by atoms with Gasteiger partial charge in [0.25, 0.3) is 5.56 Å². The molecule has 0 spiro atoms. The van der Waals surface area contributed by atoms with E-state index >= 15 is 0 Å². The summed E-state index contributed by atoms with van der Waals surface area (Å²) in [6, 6.07) is 10.4. The average Bonchev–Trinajstić information content (AvgIpc) is 2.45. The van der Waals surface area contributed by atoms with Gasteiger partial charge in [-0.25, -0.2) is 0 Å². The summed E-state index contributed by atoms with van der Waals surface area (Å²) in [7, 11) is 0. The molecule has 2 unspecified atom stereocenters. The van der Waals surface area contributed by atoms with Gasteiger partial charge < -0.3 is 10.3 Å². The highest BCUT2D eigenvalue weighted by atomic mass is 16.1. The number of aromatic nitrogens is 1. The van der Waals surface area contributed by atoms with E-state index in [0.717, 1.165) is 29.3 Å². The zero-order valence-corrected chi connectivity index (χ0v) is 12.9. The molecular weight excluding hydrogens is 260 g/mol. The van der Waals surface area contributed by atoms with Gasteiger partial charge in [0.1, 0.15) is 0 Å². The van der Waals surface area contributed by atoms with Gasteiger partial charge in [-0.15, -0.1) is 0 Å². The van der Waals surface area contributed by atoms with Gasteiger partial charge in [-0.2, -0.15) is 0 Å². The molecule has 1 aromatic carbocycles. The van der Waals surface area contributed by atoms with Crippen LogP contribution in [0, 0.1) is 11.8 Å². The smallest absolute Gasteiger partial charge is 0.255 e. The largest absolute Gasteiger partial charge is 0.326 e. The second-order valence-electron chi connectivity index (χ2n) is 6.68. The van der Waals surface area contributed by atoms with Crippen LogP contribution in [0.1, 0.15) is 44.7 Å². The molecule has 3 heteroatoms. The minimum Gasteiger partial charge on any atom is -0.326 e. The molecule has 1 aromatic heterocycles. The number of hydrogen-bond acceptors (Lipinski definition) is 2. The molecule has 3 rings (SSSR count). The second-order valence-corrected chi connectivity index (χ2v) is 6.68. The summed E-state index contributed by atoms with van der Waals surface area (Å²) in [6.45, 7) is 4.90. The SMILES string of the molecule is CC1CC(C)CC(n2c(=O)c(CN)cc3ccccc32)C1. The fourth-order valence-corrected chi connectivity index (χ4v) is 3.97. The van der Waals surface area contributed by atoms with Crippen molar-refractivity contribution in [3.05, 3.63) is 46.2 Å². The predicted octanol–water partition coefficient (Wildman–Crippen LogP) is 3.46. The maximum Gasteiger partial charge on any atom is 0.255 e. The van der Waals surface area contributed by atoms with E-state index in [-0.39, 0.29) is 5.56 Å². The first-order valence-electron chi connectivity index (χ1n) is 7.93. The number of nitrogens with zero attached hydrogens (tertiary/aromatic N) is 1. The van der Waals surface area contributed by atoms with E-state index in [9.17, 15) is 4.79 Å². The van der Waals surface area contributed by atoms with Crippen LogP contribution in [0.15, 0.2) is 35.1 Å². The minimum atomic E-state index is 0.0995. The van der Waals surface area contributed by atoms with Crippen LogP contribution < -0.4 is 11.3 Å². The van der Waals surface area contributed by atoms with Crippen LogP contribution in [0.2, 0.25) is 0 Å². The van der Waals surface area contributed by atoms with Gasteiger partial charge in [0.15, 0.2) is 0 Å². The maximum absolute atomic E-state index is 12.8. The van der Waals surface area contributed by atoms with Crippen molar-refractivity contribution in [3.63, 3.8) is 0 Å². The highest BCUT2D eigenvalue weighted by Crippen LogP contribution is 2.36. The van der Waals surface area contributed by atoms with Crippen molar-refractivity contribution < 1.29 is 0 Å². The number of rotatable bonds is 2. The Hall–Kier alpha value is -1.61. The van der Waals surface area contributed by atoms with E-state index in [1.807, 2.05) is 22.8 Å². The Labute approximate surface area is 125 Å². The molecule has 1 aliphatic rings. The summed E-state index contributed by atoms with van der Waals surface area (Å²) >= 11 is 0. The predicted molar refractivity (Wildman–Crippen MR) is 87.3 cm³/mol. The number of hydrogen-bond donors (Lipinski definition) is 1. The van der Waals surface area contributed by atoms with Gasteiger partial charge in [0, 0.05) is 18.2 Å². The van der Waals surface area contributed by atoms with E-state index in [4.69, 9.17) is 5.73 Å². The molecule has 0 amide bonds. The number of nitrogens with two attached hydrogens (primary N) is 1. The van der Waals surface area contributed by atoms with Gasteiger partial charge in [0.05, 0.1) is 5.52 Å². The van der Waals surface area contributed by atoms with Crippen LogP contribution >= 0.6 is 0 Å².